The molecule has 2 saturated heterocycles. The Hall–Kier alpha value is -3.74. The van der Waals surface area contributed by atoms with Crippen LogP contribution in [0.2, 0.25) is 0 Å². The molecule has 2 aromatic carbocycles. The van der Waals surface area contributed by atoms with E-state index in [0.717, 1.165) is 11.1 Å². The molecule has 6 atom stereocenters. The number of phenols is 1. The van der Waals surface area contributed by atoms with Crippen molar-refractivity contribution in [3.05, 3.63) is 71.3 Å². The quantitative estimate of drug-likeness (QED) is 0.520. The van der Waals surface area contributed by atoms with Gasteiger partial charge in [-0.15, -0.1) is 0 Å². The number of aryl methyl sites for hydroxylation is 1. The van der Waals surface area contributed by atoms with Crippen LogP contribution in [0.15, 0.2) is 60.2 Å². The molecule has 2 heterocycles. The van der Waals surface area contributed by atoms with Crippen LogP contribution in [0.5, 0.6) is 5.75 Å². The van der Waals surface area contributed by atoms with Gasteiger partial charge in [0.2, 0.25) is 23.6 Å². The third-order valence-corrected chi connectivity index (χ3v) is 9.06. The van der Waals surface area contributed by atoms with Gasteiger partial charge in [0.05, 0.1) is 28.9 Å². The van der Waals surface area contributed by atoms with Gasteiger partial charge in [0.15, 0.2) is 0 Å². The van der Waals surface area contributed by atoms with Gasteiger partial charge in [0.1, 0.15) is 5.75 Å². The van der Waals surface area contributed by atoms with Crippen LogP contribution < -0.4 is 4.90 Å². The monoisotopic (exact) mass is 484 g/mol. The Balaban J connectivity index is 1.55. The number of likely N-dealkylation sites (tertiary alicyclic amines) is 1. The Morgan fingerprint density at radius 3 is 2.36 bits per heavy atom. The number of fused-ring (bicyclic) bond motifs is 4. The number of allylic oxidation sites excluding steroid dienone is 2. The lowest BCUT2D eigenvalue weighted by molar-refractivity contribution is -0.138. The Morgan fingerprint density at radius 1 is 0.944 bits per heavy atom. The highest BCUT2D eigenvalue weighted by molar-refractivity contribution is 6.24. The second-order valence-corrected chi connectivity index (χ2v) is 10.8. The maximum Gasteiger partial charge on any atom is 0.241 e. The molecular formula is C29H28N2O5. The first-order chi connectivity index (χ1) is 17.2. The summed E-state index contributed by atoms with van der Waals surface area (Å²) in [7, 11) is 1.53. The number of carbonyl (C=O) groups excluding carboxylic acids is 4. The first-order valence-corrected chi connectivity index (χ1v) is 12.4. The van der Waals surface area contributed by atoms with E-state index in [-0.39, 0.29) is 35.3 Å². The number of nitrogens with zero attached hydrogens (tertiary/aromatic N) is 2. The van der Waals surface area contributed by atoms with Crippen molar-refractivity contribution in [2.24, 2.45) is 29.1 Å². The molecule has 3 fully saturated rings. The van der Waals surface area contributed by atoms with E-state index in [0.29, 0.717) is 24.1 Å². The van der Waals surface area contributed by atoms with Crippen molar-refractivity contribution in [2.75, 3.05) is 11.9 Å². The average Bonchev–Trinajstić information content (AvgIpc) is 3.21. The minimum atomic E-state index is -1.07. The van der Waals surface area contributed by atoms with E-state index >= 15 is 0 Å². The fourth-order valence-electron chi connectivity index (χ4n) is 7.23. The number of amides is 4. The fraction of sp³-hybridized carbons (Fsp3) is 0.379. The van der Waals surface area contributed by atoms with Gasteiger partial charge >= 0.3 is 0 Å². The molecule has 4 aliphatic rings. The largest absolute Gasteiger partial charge is 0.508 e. The molecule has 0 aromatic heterocycles. The zero-order valence-corrected chi connectivity index (χ0v) is 20.5. The molecule has 0 unspecified atom stereocenters. The number of carbonyl (C=O) groups is 4. The fourth-order valence-corrected chi connectivity index (χ4v) is 7.23. The molecule has 0 bridgehead atoms. The van der Waals surface area contributed by atoms with Crippen molar-refractivity contribution in [1.82, 2.24) is 4.90 Å². The smallest absolute Gasteiger partial charge is 0.241 e. The molecule has 36 heavy (non-hydrogen) atoms. The summed E-state index contributed by atoms with van der Waals surface area (Å²) in [6.07, 6.45) is 2.82. The molecular weight excluding hydrogens is 456 g/mol. The first-order valence-electron chi connectivity index (χ1n) is 12.4. The number of phenolic OH excluding ortho intramolecular Hbond substituents is 1. The summed E-state index contributed by atoms with van der Waals surface area (Å²) < 4.78 is 0. The van der Waals surface area contributed by atoms with Crippen molar-refractivity contribution in [1.29, 1.82) is 0 Å². The Morgan fingerprint density at radius 2 is 1.67 bits per heavy atom. The number of aromatic hydroxyl groups is 1. The molecule has 184 valence electrons. The maximum absolute atomic E-state index is 14.2. The summed E-state index contributed by atoms with van der Waals surface area (Å²) in [5, 5.41) is 10.2. The molecule has 0 spiro atoms. The predicted molar refractivity (Wildman–Crippen MR) is 132 cm³/mol. The van der Waals surface area contributed by atoms with Gasteiger partial charge in [-0.2, -0.15) is 0 Å². The van der Waals surface area contributed by atoms with Gasteiger partial charge in [-0.3, -0.25) is 24.1 Å². The van der Waals surface area contributed by atoms with Crippen molar-refractivity contribution in [2.45, 2.75) is 32.6 Å². The van der Waals surface area contributed by atoms with Crippen LogP contribution in [0.4, 0.5) is 5.69 Å². The zero-order valence-electron chi connectivity index (χ0n) is 20.5. The second-order valence-electron chi connectivity index (χ2n) is 10.8. The van der Waals surface area contributed by atoms with E-state index in [9.17, 15) is 24.3 Å². The van der Waals surface area contributed by atoms with Crippen LogP contribution in [0.25, 0.3) is 0 Å². The number of hydrogen-bond acceptors (Lipinski definition) is 5. The number of anilines is 1. The zero-order chi connectivity index (χ0) is 25.5. The first kappa shape index (κ1) is 22.7. The Kier molecular flexibility index (Phi) is 4.81. The van der Waals surface area contributed by atoms with E-state index in [1.165, 1.54) is 16.8 Å². The molecule has 6 rings (SSSR count). The molecule has 1 N–H and O–H groups in total. The molecule has 1 saturated carbocycles. The number of benzene rings is 2. The van der Waals surface area contributed by atoms with Gasteiger partial charge in [0, 0.05) is 13.0 Å². The Bertz CT molecular complexity index is 1360. The molecule has 7 heteroatoms. The second kappa shape index (κ2) is 7.63. The van der Waals surface area contributed by atoms with Gasteiger partial charge in [-0.25, -0.2) is 4.90 Å². The topological polar surface area (TPSA) is 95.0 Å². The van der Waals surface area contributed by atoms with E-state index in [1.807, 2.05) is 25.1 Å². The molecule has 2 aliphatic heterocycles. The third kappa shape index (κ3) is 2.80. The van der Waals surface area contributed by atoms with Gasteiger partial charge < -0.3 is 5.11 Å². The van der Waals surface area contributed by atoms with E-state index in [2.05, 4.69) is 0 Å². The number of para-hydroxylation sites is 1. The molecule has 7 nitrogen and oxygen atoms in total. The summed E-state index contributed by atoms with van der Waals surface area (Å²) in [5.74, 6) is -3.11. The Labute approximate surface area is 209 Å². The van der Waals surface area contributed by atoms with Gasteiger partial charge in [0.25, 0.3) is 0 Å². The highest BCUT2D eigenvalue weighted by Crippen LogP contribution is 2.63. The average molecular weight is 485 g/mol. The normalized spacial score (nSPS) is 33.4. The van der Waals surface area contributed by atoms with Crippen molar-refractivity contribution < 1.29 is 24.3 Å². The third-order valence-electron chi connectivity index (χ3n) is 9.06. The van der Waals surface area contributed by atoms with Crippen LogP contribution in [0.3, 0.4) is 0 Å². The summed E-state index contributed by atoms with van der Waals surface area (Å²) in [5.41, 5.74) is 1.92. The lowest BCUT2D eigenvalue weighted by Crippen LogP contribution is -2.48. The van der Waals surface area contributed by atoms with Gasteiger partial charge in [-0.05, 0) is 61.9 Å². The van der Waals surface area contributed by atoms with E-state index in [4.69, 9.17) is 0 Å². The number of imide groups is 2. The summed E-state index contributed by atoms with van der Waals surface area (Å²) >= 11 is 0. The minimum Gasteiger partial charge on any atom is -0.508 e. The summed E-state index contributed by atoms with van der Waals surface area (Å²) in [6, 6.07) is 14.2. The van der Waals surface area contributed by atoms with Crippen LogP contribution in [0, 0.1) is 36.0 Å². The maximum atomic E-state index is 14.2. The van der Waals surface area contributed by atoms with Crippen molar-refractivity contribution >= 4 is 29.3 Å². The highest BCUT2D eigenvalue weighted by atomic mass is 16.3. The summed E-state index contributed by atoms with van der Waals surface area (Å²) in [4.78, 5) is 56.7. The van der Waals surface area contributed by atoms with Crippen LogP contribution in [-0.2, 0) is 19.2 Å². The van der Waals surface area contributed by atoms with Crippen LogP contribution >= 0.6 is 0 Å². The SMILES string of the molecule is Cc1cc([C@H]2C3=CC[C@@H]4C(=O)N(C)C(=O)[C@@H]4[C@@H]3C[C@H]3C(=O)N(c4ccccc4)C(=O)[C@@]23C)ccc1O. The van der Waals surface area contributed by atoms with Crippen molar-refractivity contribution in [3.8, 4) is 5.75 Å². The lowest BCUT2D eigenvalue weighted by atomic mass is 9.51. The highest BCUT2D eigenvalue weighted by Gasteiger charge is 2.67. The number of hydrogen-bond donors (Lipinski definition) is 1. The van der Waals surface area contributed by atoms with Crippen LogP contribution in [-0.4, -0.2) is 40.7 Å². The molecule has 0 radical (unpaired) electrons. The van der Waals surface area contributed by atoms with Crippen molar-refractivity contribution in [3.63, 3.8) is 0 Å². The van der Waals surface area contributed by atoms with Crippen LogP contribution in [0.1, 0.15) is 36.8 Å². The molecule has 2 aromatic rings. The lowest BCUT2D eigenvalue weighted by Gasteiger charge is -2.49. The minimum absolute atomic E-state index is 0.156. The van der Waals surface area contributed by atoms with E-state index < -0.39 is 29.1 Å². The standard InChI is InChI=1S/C29H28N2O5/c1-15-13-16(9-12-22(15)32)24-18-10-11-19-23(27(35)30(3)25(19)33)20(18)14-21-26(34)31(28(36)29(21,24)2)17-7-5-4-6-8-17/h4-10,12-13,19-21,23-24,32H,11,14H2,1-3H3/t19-,20+,21-,23-,24-,29+/m0/s1. The molecule has 4 amide bonds. The predicted octanol–water partition coefficient (Wildman–Crippen LogP) is 3.56. The summed E-state index contributed by atoms with van der Waals surface area (Å²) in [6.45, 7) is 3.67. The van der Waals surface area contributed by atoms with Gasteiger partial charge in [-0.1, -0.05) is 42.0 Å². The number of rotatable bonds is 2. The van der Waals surface area contributed by atoms with E-state index in [1.54, 1.807) is 43.3 Å². The molecule has 2 aliphatic carbocycles.